The molecule has 0 bridgehead atoms. The molecule has 0 amide bonds. The maximum Gasteiger partial charge on any atom is 0.339 e. The topological polar surface area (TPSA) is 60.4 Å². The third kappa shape index (κ3) is 5.19. The van der Waals surface area contributed by atoms with E-state index in [0.29, 0.717) is 17.6 Å². The van der Waals surface area contributed by atoms with Gasteiger partial charge in [-0.3, -0.25) is 0 Å². The lowest BCUT2D eigenvalue weighted by Gasteiger charge is -1.98. The molecule has 0 spiro atoms. The van der Waals surface area contributed by atoms with E-state index in [1.165, 1.54) is 11.6 Å². The monoisotopic (exact) mass is 378 g/mol. The first-order chi connectivity index (χ1) is 13.6. The van der Waals surface area contributed by atoms with Crippen LogP contribution < -0.4 is 11.3 Å². The van der Waals surface area contributed by atoms with Crippen LogP contribution in [0.3, 0.4) is 0 Å². The van der Waals surface area contributed by atoms with Gasteiger partial charge in [-0.05, 0) is 48.7 Å². The van der Waals surface area contributed by atoms with Crippen molar-refractivity contribution in [1.82, 2.24) is 0 Å². The molecule has 0 saturated heterocycles. The summed E-state index contributed by atoms with van der Waals surface area (Å²) in [7, 11) is 0. The summed E-state index contributed by atoms with van der Waals surface area (Å²) in [5, 5.41) is 1.97. The summed E-state index contributed by atoms with van der Waals surface area (Å²) >= 11 is 0. The average molecular weight is 378 g/mol. The molecule has 0 aliphatic carbocycles. The van der Waals surface area contributed by atoms with Gasteiger partial charge in [-0.15, -0.1) is 0 Å². The van der Waals surface area contributed by atoms with Crippen molar-refractivity contribution in [2.24, 2.45) is 0 Å². The number of aryl methyl sites for hydroxylation is 2. The highest BCUT2D eigenvalue weighted by atomic mass is 16.4. The van der Waals surface area contributed by atoms with Gasteiger partial charge in [-0.1, -0.05) is 52.0 Å². The predicted octanol–water partition coefficient (Wildman–Crippen LogP) is 5.74. The molecular formula is C24H26O4. The molecule has 0 aliphatic heterocycles. The number of benzene rings is 2. The van der Waals surface area contributed by atoms with Crippen LogP contribution in [0.1, 0.15) is 38.8 Å². The van der Waals surface area contributed by atoms with Crippen LogP contribution in [0.15, 0.2) is 79.1 Å². The summed E-state index contributed by atoms with van der Waals surface area (Å²) in [5.41, 5.74) is 2.78. The largest absolute Gasteiger partial charge is 0.423 e. The number of hydrogen-bond acceptors (Lipinski definition) is 4. The summed E-state index contributed by atoms with van der Waals surface area (Å²) in [4.78, 5) is 22.2. The van der Waals surface area contributed by atoms with E-state index in [1.807, 2.05) is 63.2 Å². The zero-order valence-electron chi connectivity index (χ0n) is 16.8. The summed E-state index contributed by atoms with van der Waals surface area (Å²) in [5.74, 6) is 0. The Morgan fingerprint density at radius 2 is 1.39 bits per heavy atom. The molecule has 0 atom stereocenters. The van der Waals surface area contributed by atoms with Crippen LogP contribution in [0.4, 0.5) is 0 Å². The first kappa shape index (κ1) is 21.2. The lowest BCUT2D eigenvalue weighted by molar-refractivity contribution is 0.551. The van der Waals surface area contributed by atoms with Gasteiger partial charge in [0, 0.05) is 22.4 Å². The number of hydrogen-bond donors (Lipinski definition) is 0. The van der Waals surface area contributed by atoms with Gasteiger partial charge in [-0.25, -0.2) is 9.59 Å². The van der Waals surface area contributed by atoms with Crippen molar-refractivity contribution in [1.29, 1.82) is 0 Å². The molecular weight excluding hydrogens is 352 g/mol. The molecule has 0 radical (unpaired) electrons. The minimum atomic E-state index is -0.295. The molecule has 2 heterocycles. The van der Waals surface area contributed by atoms with Crippen LogP contribution in [0.2, 0.25) is 0 Å². The van der Waals surface area contributed by atoms with E-state index in [0.717, 1.165) is 22.8 Å². The van der Waals surface area contributed by atoms with Crippen molar-refractivity contribution < 1.29 is 8.83 Å². The van der Waals surface area contributed by atoms with Gasteiger partial charge in [-0.2, -0.15) is 0 Å². The molecule has 4 aromatic rings. The van der Waals surface area contributed by atoms with Crippen LogP contribution in [0.5, 0.6) is 0 Å². The molecule has 4 nitrogen and oxygen atoms in total. The Labute approximate surface area is 164 Å². The number of para-hydroxylation sites is 1. The van der Waals surface area contributed by atoms with Crippen LogP contribution in [-0.2, 0) is 12.8 Å². The van der Waals surface area contributed by atoms with Crippen molar-refractivity contribution >= 4 is 21.9 Å². The lowest BCUT2D eigenvalue weighted by Crippen LogP contribution is -2.05. The molecule has 4 heteroatoms. The van der Waals surface area contributed by atoms with Gasteiger partial charge >= 0.3 is 11.3 Å². The van der Waals surface area contributed by atoms with Crippen molar-refractivity contribution in [3.8, 4) is 0 Å². The first-order valence-electron chi connectivity index (χ1n) is 9.65. The second-order valence-electron chi connectivity index (χ2n) is 5.93. The molecule has 0 saturated carbocycles. The van der Waals surface area contributed by atoms with E-state index in [1.54, 1.807) is 12.1 Å². The molecule has 4 rings (SSSR count). The van der Waals surface area contributed by atoms with Gasteiger partial charge in [0.1, 0.15) is 11.2 Å². The maximum absolute atomic E-state index is 11.3. The molecule has 2 aromatic heterocycles. The highest BCUT2D eigenvalue weighted by molar-refractivity contribution is 5.77. The summed E-state index contributed by atoms with van der Waals surface area (Å²) < 4.78 is 10.1. The quantitative estimate of drug-likeness (QED) is 0.418. The molecule has 0 fully saturated rings. The summed E-state index contributed by atoms with van der Waals surface area (Å²) in [6, 6.07) is 18.5. The normalized spacial score (nSPS) is 10.0. The first-order valence-corrected chi connectivity index (χ1v) is 9.65. The van der Waals surface area contributed by atoms with Gasteiger partial charge in [0.15, 0.2) is 0 Å². The predicted molar refractivity (Wildman–Crippen MR) is 115 cm³/mol. The Kier molecular flexibility index (Phi) is 7.76. The van der Waals surface area contributed by atoms with Crippen molar-refractivity contribution in [3.63, 3.8) is 0 Å². The zero-order chi connectivity index (χ0) is 20.5. The molecule has 0 aliphatic rings. The average Bonchev–Trinajstić information content (AvgIpc) is 2.74. The maximum atomic E-state index is 11.3. The minimum Gasteiger partial charge on any atom is -0.423 e. The Morgan fingerprint density at radius 3 is 2.11 bits per heavy atom. The van der Waals surface area contributed by atoms with Crippen LogP contribution >= 0.6 is 0 Å². The van der Waals surface area contributed by atoms with Gasteiger partial charge in [0.25, 0.3) is 0 Å². The van der Waals surface area contributed by atoms with E-state index in [4.69, 9.17) is 8.83 Å². The summed E-state index contributed by atoms with van der Waals surface area (Å²) in [6.45, 7) is 8.04. The van der Waals surface area contributed by atoms with E-state index >= 15 is 0 Å². The third-order valence-electron chi connectivity index (χ3n) is 4.19. The lowest BCUT2D eigenvalue weighted by atomic mass is 10.1. The number of rotatable bonds is 2. The van der Waals surface area contributed by atoms with Gasteiger partial charge < -0.3 is 8.83 Å². The number of fused-ring (bicyclic) bond motifs is 2. The smallest absolute Gasteiger partial charge is 0.339 e. The van der Waals surface area contributed by atoms with Crippen molar-refractivity contribution in [2.45, 2.75) is 40.5 Å². The Bertz CT molecular complexity index is 1150. The molecule has 2 aromatic carbocycles. The Balaban J connectivity index is 0.000000184. The molecule has 28 heavy (non-hydrogen) atoms. The highest BCUT2D eigenvalue weighted by Crippen LogP contribution is 2.14. The van der Waals surface area contributed by atoms with Crippen molar-refractivity contribution in [3.05, 3.63) is 92.6 Å². The van der Waals surface area contributed by atoms with Crippen LogP contribution in [-0.4, -0.2) is 0 Å². The fourth-order valence-electron chi connectivity index (χ4n) is 2.69. The fourth-order valence-corrected chi connectivity index (χ4v) is 2.69. The summed E-state index contributed by atoms with van der Waals surface area (Å²) in [6.07, 6.45) is 1.71. The second kappa shape index (κ2) is 10.3. The highest BCUT2D eigenvalue weighted by Gasteiger charge is 2.01. The zero-order valence-corrected chi connectivity index (χ0v) is 16.8. The molecule has 0 unspecified atom stereocenters. The van der Waals surface area contributed by atoms with Crippen LogP contribution in [0, 0.1) is 0 Å². The van der Waals surface area contributed by atoms with E-state index in [2.05, 4.69) is 6.92 Å². The van der Waals surface area contributed by atoms with Crippen molar-refractivity contribution in [2.75, 3.05) is 0 Å². The van der Waals surface area contributed by atoms with Gasteiger partial charge in [0.2, 0.25) is 0 Å². The standard InChI is InChI=1S/2C11H10O2.C2H6/c1-2-8-3-5-10-9(7-8)4-6-11(12)13-10;1-2-8-7-9-5-3-4-6-10(9)13-11(8)12;1-2/h2*3-7H,2H2,1H3;1-2H3. The van der Waals surface area contributed by atoms with Crippen LogP contribution in [0.25, 0.3) is 21.9 Å². The molecule has 146 valence electrons. The van der Waals surface area contributed by atoms with E-state index in [9.17, 15) is 9.59 Å². The van der Waals surface area contributed by atoms with E-state index in [-0.39, 0.29) is 11.3 Å². The third-order valence-corrected chi connectivity index (χ3v) is 4.19. The molecule has 0 N–H and O–H groups in total. The second-order valence-corrected chi connectivity index (χ2v) is 5.93. The Morgan fingerprint density at radius 1 is 0.714 bits per heavy atom. The van der Waals surface area contributed by atoms with E-state index < -0.39 is 0 Å². The minimum absolute atomic E-state index is 0.221. The Hall–Kier alpha value is -3.14. The van der Waals surface area contributed by atoms with Gasteiger partial charge in [0.05, 0.1) is 0 Å². The fraction of sp³-hybridized carbons (Fsp3) is 0.250. The SMILES string of the molecule is CC.CCc1cc2ccccc2oc1=O.CCc1ccc2oc(=O)ccc2c1.